The molecular weight excluding hydrogens is 464 g/mol. The number of para-hydroxylation sites is 1. The largest absolute Gasteiger partial charge is 0.384 e. The molecule has 0 spiro atoms. The van der Waals surface area contributed by atoms with E-state index in [2.05, 4.69) is 14.3 Å². The molecule has 4 aromatic rings. The molecular formula is C23H25F2N5O3S. The average molecular weight is 490 g/mol. The number of fused-ring (bicyclic) bond motifs is 3. The molecule has 0 fully saturated rings. The Morgan fingerprint density at radius 3 is 2.53 bits per heavy atom. The molecule has 0 aliphatic heterocycles. The summed E-state index contributed by atoms with van der Waals surface area (Å²) in [6.07, 6.45) is 1.60. The molecule has 0 aliphatic rings. The first-order valence-electron chi connectivity index (χ1n) is 10.8. The van der Waals surface area contributed by atoms with E-state index in [0.29, 0.717) is 43.7 Å². The number of unbranched alkanes of at least 4 members (excludes halogenated alkanes) is 1. The van der Waals surface area contributed by atoms with E-state index in [0.717, 1.165) is 40.4 Å². The highest BCUT2D eigenvalue weighted by Crippen LogP contribution is 2.29. The topological polar surface area (TPSA) is 112 Å². The second-order valence-electron chi connectivity index (χ2n) is 7.79. The van der Waals surface area contributed by atoms with Gasteiger partial charge in [0.15, 0.2) is 10.7 Å². The monoisotopic (exact) mass is 489 g/mol. The molecule has 0 unspecified atom stereocenters. The Bertz CT molecular complexity index is 1420. The van der Waals surface area contributed by atoms with Crippen LogP contribution in [0.1, 0.15) is 18.7 Å². The van der Waals surface area contributed by atoms with Gasteiger partial charge in [0.2, 0.25) is 10.0 Å². The van der Waals surface area contributed by atoms with Gasteiger partial charge < -0.3 is 15.0 Å². The molecule has 0 amide bonds. The van der Waals surface area contributed by atoms with E-state index < -0.39 is 26.6 Å². The average Bonchev–Trinajstić information content (AvgIpc) is 3.16. The van der Waals surface area contributed by atoms with E-state index in [9.17, 15) is 17.2 Å². The van der Waals surface area contributed by atoms with Crippen molar-refractivity contribution >= 4 is 37.8 Å². The fourth-order valence-electron chi connectivity index (χ4n) is 3.94. The highest BCUT2D eigenvalue weighted by atomic mass is 32.2. The Morgan fingerprint density at radius 1 is 1.06 bits per heavy atom. The first kappa shape index (κ1) is 24.0. The number of nitrogens with one attached hydrogen (secondary N) is 1. The third-order valence-electron chi connectivity index (χ3n) is 5.51. The van der Waals surface area contributed by atoms with Crippen molar-refractivity contribution in [3.63, 3.8) is 0 Å². The van der Waals surface area contributed by atoms with Crippen LogP contribution in [0.25, 0.3) is 21.9 Å². The second-order valence-corrected chi connectivity index (χ2v) is 9.49. The number of aromatic nitrogens is 3. The third-order valence-corrected chi connectivity index (χ3v) is 7.02. The Labute approximate surface area is 195 Å². The van der Waals surface area contributed by atoms with E-state index in [1.807, 2.05) is 24.3 Å². The van der Waals surface area contributed by atoms with Crippen molar-refractivity contribution in [1.29, 1.82) is 0 Å². The van der Waals surface area contributed by atoms with Crippen LogP contribution in [0.5, 0.6) is 0 Å². The van der Waals surface area contributed by atoms with Crippen LogP contribution in [-0.4, -0.2) is 43.2 Å². The van der Waals surface area contributed by atoms with Crippen LogP contribution >= 0.6 is 0 Å². The minimum absolute atomic E-state index is 0.0284. The first-order valence-corrected chi connectivity index (χ1v) is 12.3. The lowest BCUT2D eigenvalue weighted by Gasteiger charge is -2.12. The predicted octanol–water partition coefficient (Wildman–Crippen LogP) is 3.39. The number of imidazole rings is 1. The summed E-state index contributed by atoms with van der Waals surface area (Å²) in [5.74, 6) is -1.13. The maximum Gasteiger partial charge on any atom is 0.246 e. The van der Waals surface area contributed by atoms with Crippen LogP contribution < -0.4 is 10.5 Å². The van der Waals surface area contributed by atoms with Gasteiger partial charge in [-0.05, 0) is 31.0 Å². The molecule has 3 N–H and O–H groups in total. The van der Waals surface area contributed by atoms with Gasteiger partial charge in [-0.15, -0.1) is 0 Å². The summed E-state index contributed by atoms with van der Waals surface area (Å²) in [7, 11) is -2.69. The van der Waals surface area contributed by atoms with Gasteiger partial charge in [0.05, 0.1) is 17.6 Å². The predicted molar refractivity (Wildman–Crippen MR) is 126 cm³/mol. The van der Waals surface area contributed by atoms with Gasteiger partial charge in [0.1, 0.15) is 23.0 Å². The van der Waals surface area contributed by atoms with Crippen LogP contribution in [0.2, 0.25) is 0 Å². The number of pyridine rings is 1. The summed E-state index contributed by atoms with van der Waals surface area (Å²) in [6.45, 7) is 1.04. The van der Waals surface area contributed by atoms with Crippen LogP contribution in [-0.2, 0) is 27.7 Å². The molecule has 8 nitrogen and oxygen atoms in total. The Morgan fingerprint density at radius 2 is 1.79 bits per heavy atom. The van der Waals surface area contributed by atoms with Gasteiger partial charge in [0, 0.05) is 32.0 Å². The van der Waals surface area contributed by atoms with Crippen molar-refractivity contribution in [3.05, 3.63) is 59.9 Å². The number of ether oxygens (including phenoxy) is 1. The summed E-state index contributed by atoms with van der Waals surface area (Å²) < 4.78 is 62.0. The number of sulfonamides is 1. The molecule has 2 aromatic carbocycles. The van der Waals surface area contributed by atoms with Gasteiger partial charge in [-0.3, -0.25) is 0 Å². The van der Waals surface area contributed by atoms with Gasteiger partial charge in [-0.1, -0.05) is 24.3 Å². The lowest BCUT2D eigenvalue weighted by atomic mass is 10.2. The standard InChI is InChI=1S/C23H25F2N5O3S/c1-33-14-11-19-29-20-21(15-7-2-3-10-18(15)28-23(20)26)30(19)13-5-4-12-27-34(31,32)22-16(24)8-6-9-17(22)25/h2-3,6-10,27H,4-5,11-14H2,1H3,(H2,26,28). The van der Waals surface area contributed by atoms with Gasteiger partial charge >= 0.3 is 0 Å². The molecule has 0 atom stereocenters. The second kappa shape index (κ2) is 10.00. The van der Waals surface area contributed by atoms with Crippen molar-refractivity contribution < 1.29 is 21.9 Å². The zero-order valence-electron chi connectivity index (χ0n) is 18.6. The SMILES string of the molecule is COCCc1nc2c(N)nc3ccccc3c2n1CCCCNS(=O)(=O)c1c(F)cccc1F. The van der Waals surface area contributed by atoms with Gasteiger partial charge in [-0.2, -0.15) is 0 Å². The summed E-state index contributed by atoms with van der Waals surface area (Å²) >= 11 is 0. The number of hydrogen-bond acceptors (Lipinski definition) is 6. The molecule has 0 saturated carbocycles. The molecule has 2 aromatic heterocycles. The highest BCUT2D eigenvalue weighted by Gasteiger charge is 2.23. The van der Waals surface area contributed by atoms with Gasteiger partial charge in [0.25, 0.3) is 0 Å². The maximum atomic E-state index is 13.9. The van der Waals surface area contributed by atoms with Crippen molar-refractivity contribution in [3.8, 4) is 0 Å². The van der Waals surface area contributed by atoms with E-state index in [-0.39, 0.29) is 6.54 Å². The van der Waals surface area contributed by atoms with Crippen LogP contribution in [0.4, 0.5) is 14.6 Å². The highest BCUT2D eigenvalue weighted by molar-refractivity contribution is 7.89. The lowest BCUT2D eigenvalue weighted by molar-refractivity contribution is 0.199. The van der Waals surface area contributed by atoms with E-state index in [1.54, 1.807) is 7.11 Å². The lowest BCUT2D eigenvalue weighted by Crippen LogP contribution is -2.27. The number of anilines is 1. The van der Waals surface area contributed by atoms with Gasteiger partial charge in [-0.25, -0.2) is 31.9 Å². The maximum absolute atomic E-state index is 13.9. The molecule has 34 heavy (non-hydrogen) atoms. The van der Waals surface area contributed by atoms with Crippen molar-refractivity contribution in [2.24, 2.45) is 0 Å². The summed E-state index contributed by atoms with van der Waals surface area (Å²) in [4.78, 5) is 8.18. The summed E-state index contributed by atoms with van der Waals surface area (Å²) in [6, 6.07) is 10.6. The molecule has 0 bridgehead atoms. The minimum atomic E-state index is -4.31. The van der Waals surface area contributed by atoms with E-state index in [1.165, 1.54) is 0 Å². The molecule has 180 valence electrons. The molecule has 11 heteroatoms. The zero-order chi connectivity index (χ0) is 24.3. The smallest absolute Gasteiger partial charge is 0.246 e. The molecule has 4 rings (SSSR count). The van der Waals surface area contributed by atoms with Crippen molar-refractivity contribution in [2.75, 3.05) is 26.0 Å². The van der Waals surface area contributed by atoms with Crippen LogP contribution in [0, 0.1) is 11.6 Å². The molecule has 0 saturated heterocycles. The number of halogens is 2. The van der Waals surface area contributed by atoms with E-state index in [4.69, 9.17) is 15.5 Å². The number of hydrogen-bond donors (Lipinski definition) is 2. The number of benzene rings is 2. The van der Waals surface area contributed by atoms with Crippen molar-refractivity contribution in [2.45, 2.75) is 30.7 Å². The summed E-state index contributed by atoms with van der Waals surface area (Å²) in [5.41, 5.74) is 8.41. The minimum Gasteiger partial charge on any atom is -0.384 e. The summed E-state index contributed by atoms with van der Waals surface area (Å²) in [5, 5.41) is 0.915. The number of methoxy groups -OCH3 is 1. The fourth-order valence-corrected chi connectivity index (χ4v) is 5.15. The van der Waals surface area contributed by atoms with Crippen LogP contribution in [0.15, 0.2) is 47.4 Å². The Hall–Kier alpha value is -3.15. The molecule has 2 heterocycles. The normalized spacial score (nSPS) is 12.1. The van der Waals surface area contributed by atoms with Crippen LogP contribution in [0.3, 0.4) is 0 Å². The zero-order valence-corrected chi connectivity index (χ0v) is 19.4. The Balaban J connectivity index is 1.53. The number of nitrogens with two attached hydrogens (primary N) is 1. The first-order chi connectivity index (χ1) is 16.3. The number of nitrogen functional groups attached to an aromatic ring is 1. The fraction of sp³-hybridized carbons (Fsp3) is 0.304. The van der Waals surface area contributed by atoms with E-state index >= 15 is 0 Å². The number of aryl methyl sites for hydroxylation is 1. The quantitative estimate of drug-likeness (QED) is 0.330. The molecule has 0 radical (unpaired) electrons. The van der Waals surface area contributed by atoms with Crippen molar-refractivity contribution in [1.82, 2.24) is 19.3 Å². The number of rotatable bonds is 10. The third kappa shape index (κ3) is 4.72. The number of nitrogens with zero attached hydrogens (tertiary/aromatic N) is 3. The Kier molecular flexibility index (Phi) is 7.05. The molecule has 0 aliphatic carbocycles.